The molecule has 3 saturated heterocycles. The molecular formula is C52H64N6O9. The molecule has 0 radical (unpaired) electrons. The molecule has 15 heteroatoms. The van der Waals surface area contributed by atoms with Crippen molar-refractivity contribution in [3.63, 3.8) is 0 Å². The number of likely N-dealkylation sites (tertiary alicyclic amines) is 3. The van der Waals surface area contributed by atoms with Crippen molar-refractivity contribution in [2.24, 2.45) is 22.2 Å². The summed E-state index contributed by atoms with van der Waals surface area (Å²) in [5, 5.41) is 20.9. The summed E-state index contributed by atoms with van der Waals surface area (Å²) in [7, 11) is 0. The van der Waals surface area contributed by atoms with Gasteiger partial charge in [-0.1, -0.05) is 41.5 Å². The number of allylic oxidation sites excluding steroid dienone is 9. The lowest BCUT2D eigenvalue weighted by Crippen LogP contribution is -2.32. The third-order valence-corrected chi connectivity index (χ3v) is 13.8. The van der Waals surface area contributed by atoms with Crippen LogP contribution in [0.1, 0.15) is 119 Å². The van der Waals surface area contributed by atoms with Gasteiger partial charge in [0, 0.05) is 73.1 Å². The number of ether oxygens (including phenoxy) is 3. The molecule has 0 spiro atoms. The van der Waals surface area contributed by atoms with Crippen LogP contribution in [0.3, 0.4) is 0 Å². The Bertz CT molecular complexity index is 2110. The molecule has 0 atom stereocenters. The molecule has 6 aliphatic rings. The minimum atomic E-state index is -1.08. The smallest absolute Gasteiger partial charge is 0.349 e. The van der Waals surface area contributed by atoms with Crippen molar-refractivity contribution in [2.45, 2.75) is 119 Å². The summed E-state index contributed by atoms with van der Waals surface area (Å²) in [6, 6.07) is 3.95. The Morgan fingerprint density at radius 3 is 1.15 bits per heavy atom. The van der Waals surface area contributed by atoms with E-state index >= 15 is 0 Å². The second-order valence-corrected chi connectivity index (χ2v) is 21.1. The zero-order valence-corrected chi connectivity index (χ0v) is 40.0. The number of hydrogen-bond acceptors (Lipinski definition) is 14. The number of nitrogens with zero attached hydrogens (tertiary/aromatic N) is 6. The fraction of sp³-hybridized carbons (Fsp3) is 0.596. The SMILES string of the molecule is [C-]#[N+]/C(C(=O)OCC(COC(=O)/C(C#N)=C1\CC(C)(C)CC(N2CCCC2)=C1C=O)COC(=O)/C(C#N)=C1\CC(C)(C)CC(N2CCCC2)=C1C=O)=C1/CC(C)(C)CC(N2CCCC2)=C1C=O. The molecule has 15 nitrogen and oxygen atoms in total. The van der Waals surface area contributed by atoms with Gasteiger partial charge in [0.05, 0.1) is 19.1 Å². The third-order valence-electron chi connectivity index (χ3n) is 13.8. The Morgan fingerprint density at radius 1 is 0.552 bits per heavy atom. The first-order chi connectivity index (χ1) is 31.9. The molecule has 0 bridgehead atoms. The van der Waals surface area contributed by atoms with Crippen molar-refractivity contribution in [3.05, 3.63) is 78.8 Å². The quantitative estimate of drug-likeness (QED) is 0.0402. The summed E-state index contributed by atoms with van der Waals surface area (Å²) < 4.78 is 17.2. The van der Waals surface area contributed by atoms with Gasteiger partial charge < -0.3 is 28.9 Å². The largest absolute Gasteiger partial charge is 0.470 e. The van der Waals surface area contributed by atoms with Crippen LogP contribution < -0.4 is 0 Å². The number of aldehydes is 3. The van der Waals surface area contributed by atoms with Crippen molar-refractivity contribution in [1.29, 1.82) is 10.5 Å². The Balaban J connectivity index is 1.31. The molecule has 3 aliphatic carbocycles. The van der Waals surface area contributed by atoms with Gasteiger partial charge in [-0.15, -0.1) is 0 Å². The van der Waals surface area contributed by atoms with Crippen LogP contribution >= 0.6 is 0 Å². The monoisotopic (exact) mass is 916 g/mol. The van der Waals surface area contributed by atoms with E-state index in [4.69, 9.17) is 20.8 Å². The van der Waals surface area contributed by atoms with Gasteiger partial charge in [0.25, 0.3) is 5.70 Å². The molecule has 0 amide bonds. The van der Waals surface area contributed by atoms with Gasteiger partial charge in [-0.25, -0.2) is 14.4 Å². The van der Waals surface area contributed by atoms with Gasteiger partial charge in [-0.05, 0) is 110 Å². The van der Waals surface area contributed by atoms with Crippen molar-refractivity contribution >= 4 is 36.8 Å². The first kappa shape index (κ1) is 50.1. The summed E-state index contributed by atoms with van der Waals surface area (Å²) in [4.78, 5) is 89.9. The van der Waals surface area contributed by atoms with Crippen molar-refractivity contribution < 1.29 is 43.0 Å². The van der Waals surface area contributed by atoms with Crippen LogP contribution in [0.25, 0.3) is 4.85 Å². The second kappa shape index (κ2) is 21.1. The van der Waals surface area contributed by atoms with E-state index < -0.39 is 54.5 Å². The molecule has 0 saturated carbocycles. The molecule has 3 aliphatic heterocycles. The Labute approximate surface area is 394 Å². The highest BCUT2D eigenvalue weighted by Crippen LogP contribution is 2.47. The highest BCUT2D eigenvalue weighted by molar-refractivity contribution is 5.99. The number of carbonyl (C=O) groups is 6. The van der Waals surface area contributed by atoms with Gasteiger partial charge in [0.15, 0.2) is 18.9 Å². The normalized spacial score (nSPS) is 23.6. The van der Waals surface area contributed by atoms with Crippen molar-refractivity contribution in [2.75, 3.05) is 59.1 Å². The first-order valence-corrected chi connectivity index (χ1v) is 23.6. The number of hydrogen-bond donors (Lipinski definition) is 0. The van der Waals surface area contributed by atoms with E-state index in [9.17, 15) is 39.3 Å². The Morgan fingerprint density at radius 2 is 0.851 bits per heavy atom. The Kier molecular flexibility index (Phi) is 15.8. The summed E-state index contributed by atoms with van der Waals surface area (Å²) in [6.45, 7) is 23.1. The lowest BCUT2D eigenvalue weighted by Gasteiger charge is -2.38. The van der Waals surface area contributed by atoms with E-state index in [-0.39, 0.29) is 69.4 Å². The third kappa shape index (κ3) is 11.5. The van der Waals surface area contributed by atoms with Crippen LogP contribution in [-0.2, 0) is 43.0 Å². The molecule has 0 aromatic rings. The van der Waals surface area contributed by atoms with Crippen LogP contribution in [0.4, 0.5) is 0 Å². The molecule has 0 unspecified atom stereocenters. The maximum atomic E-state index is 14.0. The minimum absolute atomic E-state index is 0.260. The predicted molar refractivity (Wildman–Crippen MR) is 246 cm³/mol. The standard InChI is InChI=1S/C52H64N6O9/c1-50(2)20-35(40(28-59)43(23-50)56-14-8-9-15-56)38(26-53)47(62)65-31-34(32-66-48(63)39(27-54)36-21-51(3,4)24-44(41(36)29-60)57-16-10-11-17-57)33-67-49(64)46(55-7)37-22-52(5,6)25-45(42(37)30-61)58-18-12-13-19-58/h28-30,34H,8-25,31-33H2,1-6H3/b38-35+,39-36+,46-37-. The van der Waals surface area contributed by atoms with Gasteiger partial charge in [0.1, 0.15) is 36.5 Å². The van der Waals surface area contributed by atoms with E-state index in [1.165, 1.54) is 0 Å². The van der Waals surface area contributed by atoms with Crippen LogP contribution in [0.15, 0.2) is 67.4 Å². The second-order valence-electron chi connectivity index (χ2n) is 21.1. The lowest BCUT2D eigenvalue weighted by atomic mass is 9.72. The van der Waals surface area contributed by atoms with Crippen molar-refractivity contribution in [1.82, 2.24) is 14.7 Å². The molecule has 0 N–H and O–H groups in total. The minimum Gasteiger partial charge on any atom is -0.470 e. The van der Waals surface area contributed by atoms with Gasteiger partial charge in [-0.3, -0.25) is 19.2 Å². The van der Waals surface area contributed by atoms with E-state index in [1.807, 2.05) is 53.7 Å². The molecule has 6 rings (SSSR count). The maximum absolute atomic E-state index is 14.0. The zero-order chi connectivity index (χ0) is 48.7. The average molecular weight is 917 g/mol. The topological polar surface area (TPSA) is 192 Å². The summed E-state index contributed by atoms with van der Waals surface area (Å²) in [5.74, 6) is -4.16. The number of nitriles is 2. The van der Waals surface area contributed by atoms with Crippen LogP contribution in [0.5, 0.6) is 0 Å². The molecule has 67 heavy (non-hydrogen) atoms. The van der Waals surface area contributed by atoms with Crippen LogP contribution in [0.2, 0.25) is 0 Å². The number of esters is 3. The van der Waals surface area contributed by atoms with Crippen LogP contribution in [0, 0.1) is 51.4 Å². The Hall–Kier alpha value is -6.27. The van der Waals surface area contributed by atoms with E-state index in [0.29, 0.717) is 43.7 Å². The number of carbonyl (C=O) groups excluding carboxylic acids is 6. The maximum Gasteiger partial charge on any atom is 0.349 e. The molecule has 0 aromatic carbocycles. The zero-order valence-electron chi connectivity index (χ0n) is 40.0. The molecule has 0 aromatic heterocycles. The summed E-state index contributed by atoms with van der Waals surface area (Å²) >= 11 is 0. The van der Waals surface area contributed by atoms with Gasteiger partial charge in [0.2, 0.25) is 0 Å². The van der Waals surface area contributed by atoms with Gasteiger partial charge in [-0.2, -0.15) is 10.5 Å². The molecule has 3 fully saturated rings. The summed E-state index contributed by atoms with van der Waals surface area (Å²) in [6.07, 6.45) is 10.4. The highest BCUT2D eigenvalue weighted by Gasteiger charge is 2.40. The fourth-order valence-corrected chi connectivity index (χ4v) is 10.6. The average Bonchev–Trinajstić information content (AvgIpc) is 4.11. The van der Waals surface area contributed by atoms with E-state index in [2.05, 4.69) is 19.5 Å². The fourth-order valence-electron chi connectivity index (χ4n) is 10.6. The van der Waals surface area contributed by atoms with Crippen molar-refractivity contribution in [3.8, 4) is 12.1 Å². The van der Waals surface area contributed by atoms with E-state index in [0.717, 1.165) is 94.9 Å². The first-order valence-electron chi connectivity index (χ1n) is 23.6. The molecular weight excluding hydrogens is 853 g/mol. The lowest BCUT2D eigenvalue weighted by molar-refractivity contribution is -0.148. The number of rotatable bonds is 15. The highest BCUT2D eigenvalue weighted by atomic mass is 16.6. The van der Waals surface area contributed by atoms with Crippen LogP contribution in [-0.4, -0.2) is 111 Å². The van der Waals surface area contributed by atoms with E-state index in [1.54, 1.807) is 0 Å². The molecule has 356 valence electrons. The molecule has 3 heterocycles. The summed E-state index contributed by atoms with van der Waals surface area (Å²) in [5.41, 5.74) is 1.84. The predicted octanol–water partition coefficient (Wildman–Crippen LogP) is 7.15. The van der Waals surface area contributed by atoms with Gasteiger partial charge >= 0.3 is 17.9 Å².